The molecule has 1 aromatic carbocycles. The first-order chi connectivity index (χ1) is 12.2. The molecule has 138 valence electrons. The van der Waals surface area contributed by atoms with Gasteiger partial charge in [0.25, 0.3) is 0 Å². The standard InChI is InChI=1S/C18H17Cl2NO4S/c1-9-17(11(3)22)10(2)21-18(9)14(23)7-25-16(24)8-26-15-6-12(19)4-5-13(15)20/h4-6,21H,7-8H2,1-3H3. The van der Waals surface area contributed by atoms with Crippen molar-refractivity contribution >= 4 is 52.5 Å². The molecule has 2 rings (SSSR count). The molecule has 0 bridgehead atoms. The molecule has 0 aliphatic carbocycles. The van der Waals surface area contributed by atoms with Gasteiger partial charge in [-0.3, -0.25) is 14.4 Å². The number of rotatable bonds is 7. The molecular weight excluding hydrogens is 397 g/mol. The number of nitrogens with one attached hydrogen (secondary N) is 1. The van der Waals surface area contributed by atoms with Crippen molar-refractivity contribution in [2.45, 2.75) is 25.7 Å². The van der Waals surface area contributed by atoms with E-state index in [0.29, 0.717) is 31.8 Å². The van der Waals surface area contributed by atoms with Gasteiger partial charge in [-0.1, -0.05) is 23.2 Å². The van der Waals surface area contributed by atoms with E-state index in [9.17, 15) is 14.4 Å². The Morgan fingerprint density at radius 3 is 2.50 bits per heavy atom. The number of hydrogen-bond acceptors (Lipinski definition) is 5. The van der Waals surface area contributed by atoms with Crippen LogP contribution >= 0.6 is 35.0 Å². The smallest absolute Gasteiger partial charge is 0.316 e. The lowest BCUT2D eigenvalue weighted by atomic mass is 10.1. The summed E-state index contributed by atoms with van der Waals surface area (Å²) in [6, 6.07) is 4.95. The number of aryl methyl sites for hydroxylation is 1. The molecule has 5 nitrogen and oxygen atoms in total. The summed E-state index contributed by atoms with van der Waals surface area (Å²) in [5.41, 5.74) is 1.96. The molecule has 1 heterocycles. The molecule has 0 amide bonds. The second-order valence-electron chi connectivity index (χ2n) is 5.63. The fourth-order valence-corrected chi connectivity index (χ4v) is 3.83. The molecule has 1 N–H and O–H groups in total. The van der Waals surface area contributed by atoms with Crippen LogP contribution in [0.3, 0.4) is 0 Å². The van der Waals surface area contributed by atoms with Crippen LogP contribution in [-0.4, -0.2) is 34.9 Å². The van der Waals surface area contributed by atoms with E-state index in [0.717, 1.165) is 0 Å². The van der Waals surface area contributed by atoms with E-state index >= 15 is 0 Å². The van der Waals surface area contributed by atoms with Crippen LogP contribution in [0.1, 0.15) is 39.0 Å². The zero-order valence-corrected chi connectivity index (χ0v) is 16.8. The third-order valence-corrected chi connectivity index (χ3v) is 5.38. The van der Waals surface area contributed by atoms with Crippen molar-refractivity contribution in [3.8, 4) is 0 Å². The maximum Gasteiger partial charge on any atom is 0.316 e. The molecule has 0 fully saturated rings. The molecule has 0 unspecified atom stereocenters. The van der Waals surface area contributed by atoms with E-state index in [4.69, 9.17) is 27.9 Å². The van der Waals surface area contributed by atoms with Gasteiger partial charge in [0, 0.05) is 21.2 Å². The molecule has 0 saturated carbocycles. The van der Waals surface area contributed by atoms with Gasteiger partial charge < -0.3 is 9.72 Å². The molecule has 26 heavy (non-hydrogen) atoms. The van der Waals surface area contributed by atoms with Crippen LogP contribution in [0.5, 0.6) is 0 Å². The van der Waals surface area contributed by atoms with Crippen molar-refractivity contribution in [2.75, 3.05) is 12.4 Å². The van der Waals surface area contributed by atoms with Crippen LogP contribution in [0.25, 0.3) is 0 Å². The summed E-state index contributed by atoms with van der Waals surface area (Å²) in [6.45, 7) is 4.45. The second-order valence-corrected chi connectivity index (χ2v) is 7.49. The Labute approximate surface area is 165 Å². The van der Waals surface area contributed by atoms with Crippen molar-refractivity contribution in [1.29, 1.82) is 0 Å². The van der Waals surface area contributed by atoms with Crippen molar-refractivity contribution in [3.63, 3.8) is 0 Å². The monoisotopic (exact) mass is 413 g/mol. The van der Waals surface area contributed by atoms with Crippen LogP contribution < -0.4 is 0 Å². The Morgan fingerprint density at radius 2 is 1.88 bits per heavy atom. The van der Waals surface area contributed by atoms with Crippen molar-refractivity contribution in [3.05, 3.63) is 50.8 Å². The first-order valence-electron chi connectivity index (χ1n) is 7.67. The number of esters is 1. The van der Waals surface area contributed by atoms with Gasteiger partial charge in [-0.15, -0.1) is 11.8 Å². The lowest BCUT2D eigenvalue weighted by molar-refractivity contribution is -0.139. The Morgan fingerprint density at radius 1 is 1.19 bits per heavy atom. The van der Waals surface area contributed by atoms with Crippen molar-refractivity contribution < 1.29 is 19.1 Å². The zero-order chi connectivity index (χ0) is 19.4. The molecule has 0 saturated heterocycles. The molecule has 0 atom stereocenters. The van der Waals surface area contributed by atoms with E-state index in [1.165, 1.54) is 18.7 Å². The number of halogens is 2. The number of thioether (sulfide) groups is 1. The van der Waals surface area contributed by atoms with Gasteiger partial charge in [0.2, 0.25) is 5.78 Å². The maximum absolute atomic E-state index is 12.3. The minimum absolute atomic E-state index is 0.00518. The van der Waals surface area contributed by atoms with E-state index in [-0.39, 0.29) is 17.2 Å². The van der Waals surface area contributed by atoms with Crippen LogP contribution in [-0.2, 0) is 9.53 Å². The molecular formula is C18H17Cl2NO4S. The first kappa shape index (κ1) is 20.6. The maximum atomic E-state index is 12.3. The molecule has 8 heteroatoms. The quantitative estimate of drug-likeness (QED) is 0.405. The van der Waals surface area contributed by atoms with Crippen LogP contribution in [0.4, 0.5) is 0 Å². The summed E-state index contributed by atoms with van der Waals surface area (Å²) >= 11 is 13.1. The predicted molar refractivity (Wildman–Crippen MR) is 103 cm³/mol. The van der Waals surface area contributed by atoms with Crippen LogP contribution in [0, 0.1) is 13.8 Å². The average Bonchev–Trinajstić information content (AvgIpc) is 2.88. The van der Waals surface area contributed by atoms with Gasteiger partial charge in [0.05, 0.1) is 16.5 Å². The minimum atomic E-state index is -0.549. The van der Waals surface area contributed by atoms with Crippen molar-refractivity contribution in [1.82, 2.24) is 4.98 Å². The van der Waals surface area contributed by atoms with Crippen molar-refractivity contribution in [2.24, 2.45) is 0 Å². The van der Waals surface area contributed by atoms with Gasteiger partial charge in [-0.2, -0.15) is 0 Å². The van der Waals surface area contributed by atoms with Gasteiger partial charge in [-0.05, 0) is 44.5 Å². The molecule has 1 aromatic heterocycles. The normalized spacial score (nSPS) is 10.7. The van der Waals surface area contributed by atoms with Gasteiger partial charge >= 0.3 is 5.97 Å². The fourth-order valence-electron chi connectivity index (χ4n) is 2.54. The number of ether oxygens (including phenoxy) is 1. The summed E-state index contributed by atoms with van der Waals surface area (Å²) in [7, 11) is 0. The number of benzene rings is 1. The van der Waals surface area contributed by atoms with Gasteiger partial charge in [-0.25, -0.2) is 0 Å². The number of hydrogen-bond donors (Lipinski definition) is 1. The van der Waals surface area contributed by atoms with E-state index in [1.807, 2.05) is 0 Å². The lowest BCUT2D eigenvalue weighted by Gasteiger charge is -2.06. The topological polar surface area (TPSA) is 76.2 Å². The predicted octanol–water partition coefficient (Wildman–Crippen LogP) is 4.66. The summed E-state index contributed by atoms with van der Waals surface area (Å²) in [6.07, 6.45) is 0. The SMILES string of the molecule is CC(=O)c1c(C)[nH]c(C(=O)COC(=O)CSc2cc(Cl)ccc2Cl)c1C. The summed E-state index contributed by atoms with van der Waals surface area (Å²) in [5, 5.41) is 0.997. The number of carbonyl (C=O) groups is 3. The van der Waals surface area contributed by atoms with Gasteiger partial charge in [0.15, 0.2) is 12.4 Å². The lowest BCUT2D eigenvalue weighted by Crippen LogP contribution is -2.16. The number of carbonyl (C=O) groups excluding carboxylic acids is 3. The first-order valence-corrected chi connectivity index (χ1v) is 9.41. The summed E-state index contributed by atoms with van der Waals surface area (Å²) in [4.78, 5) is 39.3. The highest BCUT2D eigenvalue weighted by molar-refractivity contribution is 8.00. The third kappa shape index (κ3) is 4.90. The number of ketones is 2. The molecule has 0 aliphatic rings. The van der Waals surface area contributed by atoms with Crippen LogP contribution in [0.2, 0.25) is 10.0 Å². The fraction of sp³-hybridized carbons (Fsp3) is 0.278. The van der Waals surface area contributed by atoms with Crippen LogP contribution in [0.15, 0.2) is 23.1 Å². The molecule has 0 radical (unpaired) electrons. The van der Waals surface area contributed by atoms with E-state index in [2.05, 4.69) is 4.98 Å². The second kappa shape index (κ2) is 8.75. The summed E-state index contributed by atoms with van der Waals surface area (Å²) in [5.74, 6) is -1.07. The summed E-state index contributed by atoms with van der Waals surface area (Å²) < 4.78 is 5.02. The highest BCUT2D eigenvalue weighted by atomic mass is 35.5. The largest absolute Gasteiger partial charge is 0.457 e. The Kier molecular flexibility index (Phi) is 6.92. The Hall–Kier alpha value is -1.76. The highest BCUT2D eigenvalue weighted by Crippen LogP contribution is 2.29. The number of Topliss-reactive ketones (excluding diaryl/α,β-unsaturated/α-hetero) is 2. The minimum Gasteiger partial charge on any atom is -0.457 e. The zero-order valence-electron chi connectivity index (χ0n) is 14.4. The molecule has 2 aromatic rings. The average molecular weight is 414 g/mol. The van der Waals surface area contributed by atoms with Gasteiger partial charge in [0.1, 0.15) is 0 Å². The third-order valence-electron chi connectivity index (χ3n) is 3.67. The Bertz CT molecular complexity index is 876. The van der Waals surface area contributed by atoms with E-state index < -0.39 is 18.4 Å². The van der Waals surface area contributed by atoms with E-state index in [1.54, 1.807) is 32.0 Å². The number of aromatic nitrogens is 1. The Balaban J connectivity index is 1.93. The molecule has 0 aliphatic heterocycles. The number of aromatic amines is 1. The number of H-pyrrole nitrogens is 1. The molecule has 0 spiro atoms. The highest BCUT2D eigenvalue weighted by Gasteiger charge is 2.20.